The summed E-state index contributed by atoms with van der Waals surface area (Å²) >= 11 is 13.2. The van der Waals surface area contributed by atoms with Gasteiger partial charge in [-0.3, -0.25) is 4.98 Å². The highest BCUT2D eigenvalue weighted by Gasteiger charge is 2.42. The van der Waals surface area contributed by atoms with E-state index in [4.69, 9.17) is 28.2 Å². The van der Waals surface area contributed by atoms with Crippen molar-refractivity contribution in [2.45, 2.75) is 22.1 Å². The summed E-state index contributed by atoms with van der Waals surface area (Å²) in [5, 5.41) is 5.33. The highest BCUT2D eigenvalue weighted by Crippen LogP contribution is 2.43. The number of benzene rings is 2. The molecular formula is C24H17ClFN3OS2. The van der Waals surface area contributed by atoms with Gasteiger partial charge in [0.05, 0.1) is 11.7 Å². The molecule has 2 atom stereocenters. The van der Waals surface area contributed by atoms with Crippen LogP contribution in [-0.4, -0.2) is 10.1 Å². The van der Waals surface area contributed by atoms with Crippen molar-refractivity contribution < 1.29 is 8.81 Å². The molecule has 160 valence electrons. The Hall–Kier alpha value is -2.87. The van der Waals surface area contributed by atoms with Gasteiger partial charge < -0.3 is 14.6 Å². The highest BCUT2D eigenvalue weighted by molar-refractivity contribution is 7.99. The van der Waals surface area contributed by atoms with Crippen molar-refractivity contribution in [2.75, 3.05) is 4.90 Å². The van der Waals surface area contributed by atoms with Gasteiger partial charge in [-0.2, -0.15) is 0 Å². The summed E-state index contributed by atoms with van der Waals surface area (Å²) in [4.78, 5) is 7.50. The van der Waals surface area contributed by atoms with E-state index in [9.17, 15) is 4.39 Å². The van der Waals surface area contributed by atoms with Crippen molar-refractivity contribution in [3.05, 3.63) is 107 Å². The summed E-state index contributed by atoms with van der Waals surface area (Å²) in [5.41, 5.74) is 1.61. The predicted molar refractivity (Wildman–Crippen MR) is 129 cm³/mol. The van der Waals surface area contributed by atoms with Gasteiger partial charge in [0.15, 0.2) is 10.2 Å². The average molecular weight is 482 g/mol. The molecule has 1 aliphatic rings. The fourth-order valence-corrected chi connectivity index (χ4v) is 4.94. The van der Waals surface area contributed by atoms with E-state index in [2.05, 4.69) is 10.3 Å². The molecule has 3 heterocycles. The van der Waals surface area contributed by atoms with Gasteiger partial charge in [0.1, 0.15) is 17.6 Å². The molecule has 1 saturated heterocycles. The van der Waals surface area contributed by atoms with Gasteiger partial charge in [0, 0.05) is 21.8 Å². The molecule has 2 aromatic carbocycles. The van der Waals surface area contributed by atoms with E-state index in [1.165, 1.54) is 23.9 Å². The minimum atomic E-state index is -0.302. The molecule has 0 saturated carbocycles. The van der Waals surface area contributed by atoms with Gasteiger partial charge in [-0.15, -0.1) is 0 Å². The quantitative estimate of drug-likeness (QED) is 0.316. The first-order valence-corrected chi connectivity index (χ1v) is 11.5. The van der Waals surface area contributed by atoms with Crippen LogP contribution in [0.5, 0.6) is 0 Å². The van der Waals surface area contributed by atoms with Crippen LogP contribution in [0.3, 0.4) is 0 Å². The molecule has 1 aliphatic heterocycles. The molecule has 5 rings (SSSR count). The van der Waals surface area contributed by atoms with Gasteiger partial charge in [-0.25, -0.2) is 4.39 Å². The molecule has 8 heteroatoms. The predicted octanol–water partition coefficient (Wildman–Crippen LogP) is 6.80. The minimum absolute atomic E-state index is 0.228. The summed E-state index contributed by atoms with van der Waals surface area (Å²) in [6.07, 6.45) is 1.75. The zero-order valence-electron chi connectivity index (χ0n) is 16.6. The second-order valence-electron chi connectivity index (χ2n) is 7.19. The van der Waals surface area contributed by atoms with Gasteiger partial charge in [0.25, 0.3) is 0 Å². The minimum Gasteiger partial charge on any atom is -0.452 e. The molecule has 32 heavy (non-hydrogen) atoms. The van der Waals surface area contributed by atoms with Gasteiger partial charge in [-0.1, -0.05) is 29.4 Å². The molecule has 0 amide bonds. The second-order valence-corrected chi connectivity index (χ2v) is 9.09. The fraction of sp³-hybridized carbons (Fsp3) is 0.0833. The van der Waals surface area contributed by atoms with Crippen LogP contribution in [0.2, 0.25) is 5.02 Å². The molecule has 1 fully saturated rings. The van der Waals surface area contributed by atoms with E-state index in [1.807, 2.05) is 59.5 Å². The molecule has 0 unspecified atom stereocenters. The van der Waals surface area contributed by atoms with Gasteiger partial charge in [0.2, 0.25) is 0 Å². The van der Waals surface area contributed by atoms with Crippen LogP contribution in [0.4, 0.5) is 10.1 Å². The Bertz CT molecular complexity index is 1230. The maximum atomic E-state index is 13.6. The third-order valence-corrected chi connectivity index (χ3v) is 6.62. The van der Waals surface area contributed by atoms with Crippen molar-refractivity contribution in [3.63, 3.8) is 0 Å². The third kappa shape index (κ3) is 4.24. The lowest BCUT2D eigenvalue weighted by atomic mass is 10.0. The number of halogens is 2. The topological polar surface area (TPSA) is 41.3 Å². The van der Waals surface area contributed by atoms with Gasteiger partial charge in [-0.05, 0) is 85.0 Å². The van der Waals surface area contributed by atoms with Crippen LogP contribution in [0.1, 0.15) is 23.5 Å². The van der Waals surface area contributed by atoms with Crippen molar-refractivity contribution in [3.8, 4) is 0 Å². The van der Waals surface area contributed by atoms with Crippen LogP contribution in [-0.2, 0) is 0 Å². The third-order valence-electron chi connectivity index (χ3n) is 5.13. The molecule has 0 bridgehead atoms. The summed E-state index contributed by atoms with van der Waals surface area (Å²) in [6, 6.07) is 23.0. The van der Waals surface area contributed by atoms with Crippen molar-refractivity contribution in [2.24, 2.45) is 0 Å². The standard InChI is InChI=1S/C24H17ClFN3OS2/c25-15-4-10-18(11-5-15)32-21-13-12-20(30-21)23-22(19-3-1-2-14-27-19)28-24(31)29(23)17-8-6-16(26)7-9-17/h1-14,22-23H,(H,28,31)/t22-,23+/m1/s1. The highest BCUT2D eigenvalue weighted by atomic mass is 35.5. The fourth-order valence-electron chi connectivity index (χ4n) is 3.69. The molecule has 4 nitrogen and oxygen atoms in total. The lowest BCUT2D eigenvalue weighted by Crippen LogP contribution is -2.29. The number of nitrogens with zero attached hydrogens (tertiary/aromatic N) is 2. The number of anilines is 1. The van der Waals surface area contributed by atoms with Crippen molar-refractivity contribution in [1.29, 1.82) is 0 Å². The number of furan rings is 1. The number of hydrogen-bond acceptors (Lipinski definition) is 4. The smallest absolute Gasteiger partial charge is 0.174 e. The lowest BCUT2D eigenvalue weighted by molar-refractivity contribution is 0.383. The first-order valence-electron chi connectivity index (χ1n) is 9.88. The van der Waals surface area contributed by atoms with Crippen molar-refractivity contribution in [1.82, 2.24) is 10.3 Å². The maximum absolute atomic E-state index is 13.6. The SMILES string of the molecule is Fc1ccc(N2C(=S)N[C@H](c3ccccn3)[C@@H]2c2ccc(Sc3ccc(Cl)cc3)o2)cc1. The van der Waals surface area contributed by atoms with Crippen LogP contribution >= 0.6 is 35.6 Å². The Morgan fingerprint density at radius 1 is 1.00 bits per heavy atom. The van der Waals surface area contributed by atoms with Crippen molar-refractivity contribution >= 4 is 46.4 Å². The molecule has 4 aromatic rings. The zero-order valence-corrected chi connectivity index (χ0v) is 19.0. The van der Waals surface area contributed by atoms with E-state index in [-0.39, 0.29) is 17.9 Å². The number of nitrogens with one attached hydrogen (secondary N) is 1. The first kappa shape index (κ1) is 21.0. The molecule has 2 aromatic heterocycles. The molecule has 0 aliphatic carbocycles. The summed E-state index contributed by atoms with van der Waals surface area (Å²) < 4.78 is 19.8. The number of thiocarbonyl (C=S) groups is 1. The summed E-state index contributed by atoms with van der Waals surface area (Å²) in [7, 11) is 0. The monoisotopic (exact) mass is 481 g/mol. The Labute approximate surface area is 199 Å². The Balaban J connectivity index is 1.52. The van der Waals surface area contributed by atoms with Crippen LogP contribution < -0.4 is 10.2 Å². The summed E-state index contributed by atoms with van der Waals surface area (Å²) in [6.45, 7) is 0. The zero-order chi connectivity index (χ0) is 22.1. The van der Waals surface area contributed by atoms with E-state index in [0.717, 1.165) is 27.1 Å². The lowest BCUT2D eigenvalue weighted by Gasteiger charge is -2.26. The van der Waals surface area contributed by atoms with E-state index < -0.39 is 0 Å². The molecule has 0 spiro atoms. The van der Waals surface area contributed by atoms with Gasteiger partial charge >= 0.3 is 0 Å². The molecule has 0 radical (unpaired) electrons. The maximum Gasteiger partial charge on any atom is 0.174 e. The Kier molecular flexibility index (Phi) is 5.87. The molecular weight excluding hydrogens is 465 g/mol. The van der Waals surface area contributed by atoms with Crippen LogP contribution in [0.25, 0.3) is 0 Å². The summed E-state index contributed by atoms with van der Waals surface area (Å²) in [5.74, 6) is 0.429. The average Bonchev–Trinajstić information content (AvgIpc) is 3.40. The number of pyridine rings is 1. The second kappa shape index (κ2) is 8.94. The Morgan fingerprint density at radius 2 is 1.78 bits per heavy atom. The molecule has 1 N–H and O–H groups in total. The van der Waals surface area contributed by atoms with Crippen LogP contribution in [0, 0.1) is 5.82 Å². The first-order chi connectivity index (χ1) is 15.6. The van der Waals surface area contributed by atoms with E-state index in [1.54, 1.807) is 18.3 Å². The van der Waals surface area contributed by atoms with Crippen LogP contribution in [0.15, 0.2) is 99.5 Å². The normalized spacial score (nSPS) is 18.1. The van der Waals surface area contributed by atoms with E-state index in [0.29, 0.717) is 10.1 Å². The number of hydrogen-bond donors (Lipinski definition) is 1. The number of rotatable bonds is 5. The Morgan fingerprint density at radius 3 is 2.50 bits per heavy atom. The van der Waals surface area contributed by atoms with E-state index >= 15 is 0 Å². The largest absolute Gasteiger partial charge is 0.452 e. The number of aromatic nitrogens is 1.